The zero-order chi connectivity index (χ0) is 26.0. The maximum Gasteiger partial charge on any atom is 0.243 e. The number of anilines is 1. The summed E-state index contributed by atoms with van der Waals surface area (Å²) in [4.78, 5) is 27.8. The second-order valence-electron chi connectivity index (χ2n) is 8.73. The number of nitrogens with one attached hydrogen (secondary N) is 1. The van der Waals surface area contributed by atoms with Crippen molar-refractivity contribution in [2.45, 2.75) is 58.7 Å². The molecule has 0 fully saturated rings. The number of carbonyl (C=O) groups is 2. The molecule has 0 spiro atoms. The first-order chi connectivity index (χ1) is 16.6. The van der Waals surface area contributed by atoms with E-state index in [0.717, 1.165) is 11.8 Å². The van der Waals surface area contributed by atoms with Gasteiger partial charge in [0.1, 0.15) is 11.8 Å². The van der Waals surface area contributed by atoms with Crippen LogP contribution in [0.2, 0.25) is 0 Å². The molecule has 2 rings (SSSR count). The quantitative estimate of drug-likeness (QED) is 0.451. The molecule has 0 aliphatic heterocycles. The average Bonchev–Trinajstić information content (AvgIpc) is 2.81. The van der Waals surface area contributed by atoms with E-state index >= 15 is 0 Å². The van der Waals surface area contributed by atoms with Crippen molar-refractivity contribution in [3.63, 3.8) is 0 Å². The van der Waals surface area contributed by atoms with Crippen LogP contribution < -0.4 is 14.4 Å². The molecule has 2 aromatic carbocycles. The normalized spacial score (nSPS) is 12.2. The zero-order valence-electron chi connectivity index (χ0n) is 21.2. The molecule has 0 aliphatic rings. The van der Waals surface area contributed by atoms with Gasteiger partial charge in [0.25, 0.3) is 0 Å². The van der Waals surface area contributed by atoms with E-state index in [-0.39, 0.29) is 30.8 Å². The predicted molar refractivity (Wildman–Crippen MR) is 139 cm³/mol. The summed E-state index contributed by atoms with van der Waals surface area (Å²) in [5.41, 5.74) is 1.40. The lowest BCUT2D eigenvalue weighted by Gasteiger charge is -2.31. The summed E-state index contributed by atoms with van der Waals surface area (Å²) < 4.78 is 31.4. The predicted octanol–water partition coefficient (Wildman–Crippen LogP) is 3.57. The van der Waals surface area contributed by atoms with E-state index in [2.05, 4.69) is 5.32 Å². The van der Waals surface area contributed by atoms with Crippen LogP contribution in [-0.4, -0.2) is 57.1 Å². The van der Waals surface area contributed by atoms with Gasteiger partial charge in [-0.25, -0.2) is 8.42 Å². The molecule has 192 valence electrons. The molecule has 9 heteroatoms. The molecule has 2 amide bonds. The minimum atomic E-state index is -3.57. The van der Waals surface area contributed by atoms with Gasteiger partial charge in [0.05, 0.1) is 19.1 Å². The van der Waals surface area contributed by atoms with Gasteiger partial charge in [-0.1, -0.05) is 43.3 Å². The molecule has 0 aliphatic carbocycles. The smallest absolute Gasteiger partial charge is 0.243 e. The first kappa shape index (κ1) is 28.2. The van der Waals surface area contributed by atoms with Crippen LogP contribution in [0.25, 0.3) is 0 Å². The van der Waals surface area contributed by atoms with Crippen molar-refractivity contribution < 1.29 is 22.7 Å². The molecular formula is C26H37N3O5S. The van der Waals surface area contributed by atoms with Crippen molar-refractivity contribution in [1.82, 2.24) is 10.2 Å². The maximum atomic E-state index is 13.4. The van der Waals surface area contributed by atoms with Gasteiger partial charge in [-0.15, -0.1) is 0 Å². The average molecular weight is 504 g/mol. The number of amides is 2. The summed E-state index contributed by atoms with van der Waals surface area (Å²) in [7, 11) is -2.05. The Morgan fingerprint density at radius 3 is 2.31 bits per heavy atom. The third kappa shape index (κ3) is 8.58. The molecule has 8 nitrogen and oxygen atoms in total. The number of ether oxygens (including phenoxy) is 1. The van der Waals surface area contributed by atoms with Crippen molar-refractivity contribution in [2.24, 2.45) is 0 Å². The van der Waals surface area contributed by atoms with Crippen molar-refractivity contribution in [1.29, 1.82) is 0 Å². The van der Waals surface area contributed by atoms with Crippen molar-refractivity contribution in [3.05, 3.63) is 60.2 Å². The highest BCUT2D eigenvalue weighted by Gasteiger charge is 2.29. The van der Waals surface area contributed by atoms with E-state index < -0.39 is 16.1 Å². The largest absolute Gasteiger partial charge is 0.497 e. The number of hydrogen-bond acceptors (Lipinski definition) is 5. The summed E-state index contributed by atoms with van der Waals surface area (Å²) in [6.07, 6.45) is 2.01. The second-order valence-corrected chi connectivity index (χ2v) is 10.6. The number of benzene rings is 2. The Morgan fingerprint density at radius 2 is 1.74 bits per heavy atom. The van der Waals surface area contributed by atoms with Crippen molar-refractivity contribution in [3.8, 4) is 5.75 Å². The first-order valence-electron chi connectivity index (χ1n) is 11.8. The van der Waals surface area contributed by atoms with Crippen LogP contribution in [0.4, 0.5) is 5.69 Å². The van der Waals surface area contributed by atoms with Gasteiger partial charge in [-0.3, -0.25) is 13.9 Å². The molecule has 1 atom stereocenters. The Morgan fingerprint density at radius 1 is 1.06 bits per heavy atom. The van der Waals surface area contributed by atoms with Gasteiger partial charge in [0, 0.05) is 31.6 Å². The molecule has 0 radical (unpaired) electrons. The fourth-order valence-corrected chi connectivity index (χ4v) is 4.81. The lowest BCUT2D eigenvalue weighted by atomic mass is 10.1. The molecule has 2 aromatic rings. The van der Waals surface area contributed by atoms with Crippen LogP contribution in [-0.2, 0) is 26.2 Å². The molecule has 0 saturated carbocycles. The Labute approximate surface area is 209 Å². The van der Waals surface area contributed by atoms with Crippen LogP contribution in [0.5, 0.6) is 5.75 Å². The van der Waals surface area contributed by atoms with E-state index in [1.807, 2.05) is 51.1 Å². The number of sulfonamides is 1. The van der Waals surface area contributed by atoms with Gasteiger partial charge in [-0.05, 0) is 44.4 Å². The standard InChI is InChI=1S/C26H37N3O5S/c1-6-24(26(31)27-20(2)3)28(19-21-12-8-7-9-13-21)25(30)16-11-17-29(35(5,32)33)22-14-10-15-23(18-22)34-4/h7-10,12-15,18,20,24H,6,11,16-17,19H2,1-5H3,(H,27,31). The van der Waals surface area contributed by atoms with Gasteiger partial charge < -0.3 is 15.0 Å². The highest BCUT2D eigenvalue weighted by Crippen LogP contribution is 2.24. The van der Waals surface area contributed by atoms with Crippen LogP contribution in [0.15, 0.2) is 54.6 Å². The topological polar surface area (TPSA) is 96.0 Å². The third-order valence-corrected chi connectivity index (χ3v) is 6.70. The van der Waals surface area contributed by atoms with Gasteiger partial charge >= 0.3 is 0 Å². The first-order valence-corrected chi connectivity index (χ1v) is 13.7. The fraction of sp³-hybridized carbons (Fsp3) is 0.462. The monoisotopic (exact) mass is 503 g/mol. The van der Waals surface area contributed by atoms with Gasteiger partial charge in [0.15, 0.2) is 0 Å². The van der Waals surface area contributed by atoms with Crippen LogP contribution in [0.1, 0.15) is 45.6 Å². The molecule has 0 saturated heterocycles. The molecular weight excluding hydrogens is 466 g/mol. The van der Waals surface area contributed by atoms with E-state index in [0.29, 0.717) is 30.8 Å². The van der Waals surface area contributed by atoms with Crippen molar-refractivity contribution >= 4 is 27.5 Å². The number of carbonyl (C=O) groups excluding carboxylic acids is 2. The molecule has 0 heterocycles. The SMILES string of the molecule is CCC(C(=O)NC(C)C)N(Cc1ccccc1)C(=O)CCCN(c1cccc(OC)c1)S(C)(=O)=O. The Kier molecular flexibility index (Phi) is 10.6. The molecule has 1 unspecified atom stereocenters. The van der Waals surface area contributed by atoms with E-state index in [9.17, 15) is 18.0 Å². The molecule has 0 bridgehead atoms. The highest BCUT2D eigenvalue weighted by molar-refractivity contribution is 7.92. The van der Waals surface area contributed by atoms with Crippen molar-refractivity contribution in [2.75, 3.05) is 24.2 Å². The van der Waals surface area contributed by atoms with Crippen LogP contribution >= 0.6 is 0 Å². The number of nitrogens with zero attached hydrogens (tertiary/aromatic N) is 2. The number of hydrogen-bond donors (Lipinski definition) is 1. The van der Waals surface area contributed by atoms with E-state index in [1.54, 1.807) is 29.2 Å². The Balaban J connectivity index is 2.20. The summed E-state index contributed by atoms with van der Waals surface area (Å²) in [6, 6.07) is 15.7. The van der Waals surface area contributed by atoms with E-state index in [4.69, 9.17) is 4.74 Å². The maximum absolute atomic E-state index is 13.4. The number of methoxy groups -OCH3 is 1. The fourth-order valence-electron chi connectivity index (χ4n) is 3.85. The Hall–Kier alpha value is -3.07. The third-order valence-electron chi connectivity index (χ3n) is 5.51. The summed E-state index contributed by atoms with van der Waals surface area (Å²) in [5.74, 6) is 0.155. The van der Waals surface area contributed by atoms with E-state index in [1.165, 1.54) is 11.4 Å². The van der Waals surface area contributed by atoms with Gasteiger partial charge in [0.2, 0.25) is 21.8 Å². The van der Waals surface area contributed by atoms with Gasteiger partial charge in [-0.2, -0.15) is 0 Å². The van der Waals surface area contributed by atoms with Crippen LogP contribution in [0.3, 0.4) is 0 Å². The number of rotatable bonds is 13. The summed E-state index contributed by atoms with van der Waals surface area (Å²) in [5, 5.41) is 2.91. The zero-order valence-corrected chi connectivity index (χ0v) is 22.0. The lowest BCUT2D eigenvalue weighted by molar-refractivity contribution is -0.141. The van der Waals surface area contributed by atoms with Crippen LogP contribution in [0, 0.1) is 0 Å². The molecule has 35 heavy (non-hydrogen) atoms. The molecule has 0 aromatic heterocycles. The summed E-state index contributed by atoms with van der Waals surface area (Å²) >= 11 is 0. The highest BCUT2D eigenvalue weighted by atomic mass is 32.2. The molecule has 1 N–H and O–H groups in total. The Bertz CT molecular complexity index is 1070. The lowest BCUT2D eigenvalue weighted by Crippen LogP contribution is -2.50. The summed E-state index contributed by atoms with van der Waals surface area (Å²) in [6.45, 7) is 6.07. The minimum Gasteiger partial charge on any atom is -0.497 e. The minimum absolute atomic E-state index is 0.0450. The second kappa shape index (κ2) is 13.1.